The minimum absolute atomic E-state index is 0.0783. The molecule has 1 aliphatic heterocycles. The molecule has 156 valence electrons. The molecule has 2 atom stereocenters. The van der Waals surface area contributed by atoms with Gasteiger partial charge in [-0.2, -0.15) is 4.98 Å². The van der Waals surface area contributed by atoms with E-state index in [0.29, 0.717) is 11.5 Å². The van der Waals surface area contributed by atoms with Crippen LogP contribution in [0.25, 0.3) is 21.3 Å². The monoisotopic (exact) mass is 442 g/mol. The third kappa shape index (κ3) is 3.24. The summed E-state index contributed by atoms with van der Waals surface area (Å²) >= 11 is 7.83. The third-order valence-electron chi connectivity index (χ3n) is 6.44. The van der Waals surface area contributed by atoms with Crippen molar-refractivity contribution in [2.75, 3.05) is 11.4 Å². The van der Waals surface area contributed by atoms with Gasteiger partial charge in [0.05, 0.1) is 10.3 Å². The average Bonchev–Trinajstić information content (AvgIpc) is 3.18. The molecule has 2 aromatic heterocycles. The minimum Gasteiger partial charge on any atom is -0.352 e. The van der Waals surface area contributed by atoms with Gasteiger partial charge < -0.3 is 4.90 Å². The van der Waals surface area contributed by atoms with Crippen molar-refractivity contribution in [3.63, 3.8) is 0 Å². The summed E-state index contributed by atoms with van der Waals surface area (Å²) in [5, 5.41) is 14.5. The number of nitro groups is 1. The second kappa shape index (κ2) is 6.62. The summed E-state index contributed by atoms with van der Waals surface area (Å²) in [6.45, 7) is 8.01. The Bertz CT molecular complexity index is 1180. The molecule has 0 spiro atoms. The highest BCUT2D eigenvalue weighted by atomic mass is 35.5. The quantitative estimate of drug-likeness (QED) is 0.269. The Morgan fingerprint density at radius 3 is 2.83 bits per heavy atom. The molecule has 1 saturated heterocycles. The smallest absolute Gasteiger partial charge is 0.270 e. The molecule has 2 bridgehead atoms. The number of hydrogen-bond donors (Lipinski definition) is 0. The molecule has 8 heteroatoms. The lowest BCUT2D eigenvalue weighted by Gasteiger charge is -2.39. The molecule has 0 amide bonds. The molecule has 30 heavy (non-hydrogen) atoms. The SMILES string of the molecule is CC1(C)CC2CC(C)(CN2c2nc(Cl)nc3scc(-c4cccc([N+](=O)[O-])c4)c23)C1. The predicted molar refractivity (Wildman–Crippen MR) is 121 cm³/mol. The van der Waals surface area contributed by atoms with Crippen LogP contribution < -0.4 is 4.90 Å². The maximum atomic E-state index is 11.3. The van der Waals surface area contributed by atoms with Crippen molar-refractivity contribution >= 4 is 44.7 Å². The molecule has 1 aromatic carbocycles. The van der Waals surface area contributed by atoms with E-state index in [1.807, 2.05) is 11.4 Å². The van der Waals surface area contributed by atoms with Crippen molar-refractivity contribution in [3.05, 3.63) is 45.0 Å². The van der Waals surface area contributed by atoms with Gasteiger partial charge in [-0.25, -0.2) is 4.98 Å². The van der Waals surface area contributed by atoms with E-state index < -0.39 is 0 Å². The molecule has 2 aliphatic rings. The zero-order valence-electron chi connectivity index (χ0n) is 17.2. The van der Waals surface area contributed by atoms with E-state index in [9.17, 15) is 10.1 Å². The molecule has 3 heterocycles. The first kappa shape index (κ1) is 19.7. The van der Waals surface area contributed by atoms with E-state index in [1.54, 1.807) is 12.1 Å². The van der Waals surface area contributed by atoms with Crippen LogP contribution in [0.4, 0.5) is 11.5 Å². The number of hydrogen-bond acceptors (Lipinski definition) is 6. The molecule has 1 aliphatic carbocycles. The van der Waals surface area contributed by atoms with E-state index in [2.05, 4.69) is 30.7 Å². The van der Waals surface area contributed by atoms with Gasteiger partial charge in [0.25, 0.3) is 5.69 Å². The molecule has 3 aromatic rings. The number of non-ortho nitro benzene ring substituents is 1. The fourth-order valence-corrected chi connectivity index (χ4v) is 6.97. The number of aromatic nitrogens is 2. The van der Waals surface area contributed by atoms with Gasteiger partial charge in [-0.1, -0.05) is 32.9 Å². The van der Waals surface area contributed by atoms with E-state index >= 15 is 0 Å². The van der Waals surface area contributed by atoms with Gasteiger partial charge in [0, 0.05) is 35.7 Å². The van der Waals surface area contributed by atoms with Crippen LogP contribution in [0.5, 0.6) is 0 Å². The van der Waals surface area contributed by atoms with Crippen LogP contribution in [0.3, 0.4) is 0 Å². The van der Waals surface area contributed by atoms with Crippen LogP contribution in [-0.2, 0) is 0 Å². The molecule has 6 nitrogen and oxygen atoms in total. The number of halogens is 1. The summed E-state index contributed by atoms with van der Waals surface area (Å²) in [5.41, 5.74) is 2.35. The fraction of sp³-hybridized carbons (Fsp3) is 0.455. The molecule has 5 rings (SSSR count). The highest BCUT2D eigenvalue weighted by Crippen LogP contribution is 2.54. The van der Waals surface area contributed by atoms with E-state index in [-0.39, 0.29) is 21.3 Å². The van der Waals surface area contributed by atoms with Crippen molar-refractivity contribution < 1.29 is 4.92 Å². The fourth-order valence-electron chi connectivity index (χ4n) is 5.81. The molecule has 1 saturated carbocycles. The van der Waals surface area contributed by atoms with Crippen LogP contribution in [-0.4, -0.2) is 27.5 Å². The lowest BCUT2D eigenvalue weighted by molar-refractivity contribution is -0.384. The minimum atomic E-state index is -0.362. The largest absolute Gasteiger partial charge is 0.352 e. The first-order chi connectivity index (χ1) is 14.1. The number of anilines is 1. The van der Waals surface area contributed by atoms with Crippen LogP contribution in [0.1, 0.15) is 40.0 Å². The second-order valence-electron chi connectivity index (χ2n) is 9.79. The summed E-state index contributed by atoms with van der Waals surface area (Å²) < 4.78 is 0. The van der Waals surface area contributed by atoms with Crippen LogP contribution in [0, 0.1) is 20.9 Å². The Hall–Kier alpha value is -2.25. The molecule has 2 fully saturated rings. The Balaban J connectivity index is 1.68. The highest BCUT2D eigenvalue weighted by Gasteiger charge is 2.50. The van der Waals surface area contributed by atoms with Gasteiger partial charge in [-0.15, -0.1) is 11.3 Å². The van der Waals surface area contributed by atoms with E-state index in [4.69, 9.17) is 16.6 Å². The molecular weight excluding hydrogens is 420 g/mol. The topological polar surface area (TPSA) is 72.2 Å². The predicted octanol–water partition coefficient (Wildman–Crippen LogP) is 6.32. The Morgan fingerprint density at radius 1 is 1.27 bits per heavy atom. The first-order valence-electron chi connectivity index (χ1n) is 10.1. The summed E-state index contributed by atoms with van der Waals surface area (Å²) in [7, 11) is 0. The second-order valence-corrected chi connectivity index (χ2v) is 11.0. The van der Waals surface area contributed by atoms with Crippen LogP contribution in [0.2, 0.25) is 5.28 Å². The van der Waals surface area contributed by atoms with Crippen molar-refractivity contribution in [2.45, 2.75) is 46.1 Å². The first-order valence-corrected chi connectivity index (χ1v) is 11.4. The number of benzene rings is 1. The van der Waals surface area contributed by atoms with Gasteiger partial charge in [-0.05, 0) is 47.3 Å². The Morgan fingerprint density at radius 2 is 2.07 bits per heavy atom. The molecular formula is C22H23ClN4O2S. The van der Waals surface area contributed by atoms with Crippen LogP contribution >= 0.6 is 22.9 Å². The maximum absolute atomic E-state index is 11.3. The summed E-state index contributed by atoms with van der Waals surface area (Å²) in [6.07, 6.45) is 3.45. The van der Waals surface area contributed by atoms with Gasteiger partial charge in [0.15, 0.2) is 0 Å². The standard InChI is InChI=1S/C22H23ClN4O2S/c1-21(2)8-15-9-22(3,11-21)12-26(15)18-17-16(10-30-19(17)25-20(23)24-18)13-5-4-6-14(7-13)27(28)29/h4-7,10,15H,8-9,11-12H2,1-3H3. The van der Waals surface area contributed by atoms with Crippen LogP contribution in [0.15, 0.2) is 29.6 Å². The van der Waals surface area contributed by atoms with Crippen molar-refractivity contribution in [1.82, 2.24) is 9.97 Å². The van der Waals surface area contributed by atoms with Crippen molar-refractivity contribution in [1.29, 1.82) is 0 Å². The Kier molecular flexibility index (Phi) is 4.35. The van der Waals surface area contributed by atoms with Crippen molar-refractivity contribution in [3.8, 4) is 11.1 Å². The molecule has 0 radical (unpaired) electrons. The highest BCUT2D eigenvalue weighted by molar-refractivity contribution is 7.17. The Labute approximate surface area is 184 Å². The maximum Gasteiger partial charge on any atom is 0.270 e. The normalized spacial score (nSPS) is 25.1. The zero-order valence-corrected chi connectivity index (χ0v) is 18.8. The average molecular weight is 443 g/mol. The van der Waals surface area contributed by atoms with E-state index in [0.717, 1.165) is 46.5 Å². The lowest BCUT2D eigenvalue weighted by atomic mass is 9.65. The number of nitro benzene ring substituents is 1. The number of fused-ring (bicyclic) bond motifs is 3. The van der Waals surface area contributed by atoms with Gasteiger partial charge in [-0.3, -0.25) is 10.1 Å². The molecule has 0 N–H and O–H groups in total. The summed E-state index contributed by atoms with van der Waals surface area (Å²) in [5.74, 6) is 0.860. The number of thiophene rings is 1. The molecule has 2 unspecified atom stereocenters. The summed E-state index contributed by atoms with van der Waals surface area (Å²) in [6, 6.07) is 7.16. The van der Waals surface area contributed by atoms with E-state index in [1.165, 1.54) is 23.8 Å². The number of nitrogens with zero attached hydrogens (tertiary/aromatic N) is 4. The van der Waals surface area contributed by atoms with Gasteiger partial charge >= 0.3 is 0 Å². The zero-order chi connectivity index (χ0) is 21.3. The number of rotatable bonds is 3. The van der Waals surface area contributed by atoms with Gasteiger partial charge in [0.2, 0.25) is 5.28 Å². The third-order valence-corrected chi connectivity index (χ3v) is 7.48. The summed E-state index contributed by atoms with van der Waals surface area (Å²) in [4.78, 5) is 23.3. The lowest BCUT2D eigenvalue weighted by Crippen LogP contribution is -2.35. The van der Waals surface area contributed by atoms with Gasteiger partial charge in [0.1, 0.15) is 10.6 Å². The van der Waals surface area contributed by atoms with Crippen molar-refractivity contribution in [2.24, 2.45) is 10.8 Å².